The predicted octanol–water partition coefficient (Wildman–Crippen LogP) is 1.81. The summed E-state index contributed by atoms with van der Waals surface area (Å²) in [6.45, 7) is 1.94. The largest absolute Gasteiger partial charge is 0.344 e. The van der Waals surface area contributed by atoms with Crippen LogP contribution in [0.25, 0.3) is 5.65 Å². The second kappa shape index (κ2) is 5.66. The van der Waals surface area contributed by atoms with Crippen molar-refractivity contribution in [3.05, 3.63) is 23.4 Å². The van der Waals surface area contributed by atoms with E-state index in [0.29, 0.717) is 16.6 Å². The Balaban J connectivity index is 1.63. The Hall–Kier alpha value is -1.82. The van der Waals surface area contributed by atoms with E-state index in [1.807, 2.05) is 4.90 Å². The number of anilines is 1. The first-order chi connectivity index (χ1) is 9.72. The van der Waals surface area contributed by atoms with Crippen LogP contribution in [0.2, 0.25) is 5.02 Å². The monoisotopic (exact) mass is 293 g/mol. The molecule has 0 spiro atoms. The summed E-state index contributed by atoms with van der Waals surface area (Å²) in [5, 5.41) is 7.80. The number of halogens is 1. The normalized spacial score (nSPS) is 15.6. The molecule has 1 aliphatic rings. The van der Waals surface area contributed by atoms with Gasteiger partial charge in [-0.15, -0.1) is 5.10 Å². The molecule has 3 heterocycles. The molecule has 0 unspecified atom stereocenters. The van der Waals surface area contributed by atoms with Crippen molar-refractivity contribution in [2.75, 3.05) is 25.0 Å². The fourth-order valence-corrected chi connectivity index (χ4v) is 2.50. The molecule has 0 saturated carbocycles. The average molecular weight is 294 g/mol. The summed E-state index contributed by atoms with van der Waals surface area (Å²) in [4.78, 5) is 18.2. The molecule has 2 aromatic rings. The Morgan fingerprint density at radius 3 is 2.90 bits per heavy atom. The molecule has 3 rings (SSSR count). The molecule has 1 fully saturated rings. The number of carbonyl (C=O) groups is 1. The summed E-state index contributed by atoms with van der Waals surface area (Å²) in [5.41, 5.74) is 0.697. The minimum absolute atomic E-state index is 0.0987. The number of hydrogen-bond donors (Lipinski definition) is 1. The molecular weight excluding hydrogens is 278 g/mol. The SMILES string of the molecule is O=C(CNc1nc2ccc(Cl)cn2n1)N1CCCCC1. The van der Waals surface area contributed by atoms with Crippen molar-refractivity contribution in [1.82, 2.24) is 19.5 Å². The third-order valence-corrected chi connectivity index (χ3v) is 3.62. The van der Waals surface area contributed by atoms with E-state index in [2.05, 4.69) is 15.4 Å². The van der Waals surface area contributed by atoms with Crippen LogP contribution >= 0.6 is 11.6 Å². The molecule has 1 amide bonds. The van der Waals surface area contributed by atoms with E-state index in [9.17, 15) is 4.79 Å². The van der Waals surface area contributed by atoms with E-state index >= 15 is 0 Å². The lowest BCUT2D eigenvalue weighted by Gasteiger charge is -2.26. The fraction of sp³-hybridized carbons (Fsp3) is 0.462. The van der Waals surface area contributed by atoms with Crippen LogP contribution < -0.4 is 5.32 Å². The van der Waals surface area contributed by atoms with Crippen molar-refractivity contribution >= 4 is 29.1 Å². The Morgan fingerprint density at radius 2 is 2.10 bits per heavy atom. The van der Waals surface area contributed by atoms with Gasteiger partial charge in [-0.1, -0.05) is 11.6 Å². The lowest BCUT2D eigenvalue weighted by Crippen LogP contribution is -2.39. The van der Waals surface area contributed by atoms with Gasteiger partial charge in [-0.25, -0.2) is 4.52 Å². The van der Waals surface area contributed by atoms with Crippen LogP contribution in [0, 0.1) is 0 Å². The fourth-order valence-electron chi connectivity index (χ4n) is 2.34. The van der Waals surface area contributed by atoms with E-state index in [0.717, 1.165) is 25.9 Å². The third-order valence-electron chi connectivity index (χ3n) is 3.40. The second-order valence-corrected chi connectivity index (χ2v) is 5.32. The average Bonchev–Trinajstić information content (AvgIpc) is 2.87. The molecule has 2 aromatic heterocycles. The smallest absolute Gasteiger partial charge is 0.243 e. The van der Waals surface area contributed by atoms with E-state index in [-0.39, 0.29) is 12.5 Å². The van der Waals surface area contributed by atoms with Crippen molar-refractivity contribution in [3.63, 3.8) is 0 Å². The lowest BCUT2D eigenvalue weighted by molar-refractivity contribution is -0.130. The van der Waals surface area contributed by atoms with E-state index in [1.54, 1.807) is 22.8 Å². The van der Waals surface area contributed by atoms with Crippen molar-refractivity contribution in [1.29, 1.82) is 0 Å². The van der Waals surface area contributed by atoms with Crippen LogP contribution in [0.15, 0.2) is 18.3 Å². The summed E-state index contributed by atoms with van der Waals surface area (Å²) in [7, 11) is 0. The molecule has 0 atom stereocenters. The van der Waals surface area contributed by atoms with Crippen molar-refractivity contribution in [2.24, 2.45) is 0 Å². The van der Waals surface area contributed by atoms with Gasteiger partial charge in [0.2, 0.25) is 11.9 Å². The first-order valence-electron chi connectivity index (χ1n) is 6.76. The maximum Gasteiger partial charge on any atom is 0.243 e. The highest BCUT2D eigenvalue weighted by atomic mass is 35.5. The van der Waals surface area contributed by atoms with Crippen LogP contribution in [0.1, 0.15) is 19.3 Å². The molecule has 0 aliphatic carbocycles. The standard InChI is InChI=1S/C13H16ClN5O/c14-10-4-5-11-16-13(17-19(11)9-10)15-8-12(20)18-6-2-1-3-7-18/h4-5,9H,1-3,6-8H2,(H,15,17). The van der Waals surface area contributed by atoms with Gasteiger partial charge >= 0.3 is 0 Å². The van der Waals surface area contributed by atoms with Gasteiger partial charge in [0, 0.05) is 19.3 Å². The van der Waals surface area contributed by atoms with Crippen molar-refractivity contribution in [3.8, 4) is 0 Å². The Morgan fingerprint density at radius 1 is 1.30 bits per heavy atom. The summed E-state index contributed by atoms with van der Waals surface area (Å²) in [6, 6.07) is 3.54. The van der Waals surface area contributed by atoms with Gasteiger partial charge in [0.1, 0.15) is 0 Å². The van der Waals surface area contributed by atoms with Gasteiger partial charge in [-0.3, -0.25) is 4.79 Å². The molecule has 1 saturated heterocycles. The first kappa shape index (κ1) is 13.2. The number of likely N-dealkylation sites (tertiary alicyclic amines) is 1. The summed E-state index contributed by atoms with van der Waals surface area (Å²) in [5.74, 6) is 0.541. The molecular formula is C13H16ClN5O. The van der Waals surface area contributed by atoms with E-state index in [1.165, 1.54) is 6.42 Å². The zero-order valence-electron chi connectivity index (χ0n) is 11.0. The number of pyridine rings is 1. The molecule has 6 nitrogen and oxygen atoms in total. The molecule has 1 aliphatic heterocycles. The highest BCUT2D eigenvalue weighted by Crippen LogP contribution is 2.12. The maximum absolute atomic E-state index is 12.0. The Bertz CT molecular complexity index is 620. The van der Waals surface area contributed by atoms with Crippen molar-refractivity contribution < 1.29 is 4.79 Å². The van der Waals surface area contributed by atoms with Gasteiger partial charge in [-0.05, 0) is 31.4 Å². The summed E-state index contributed by atoms with van der Waals surface area (Å²) < 4.78 is 1.59. The summed E-state index contributed by atoms with van der Waals surface area (Å²) >= 11 is 5.89. The minimum Gasteiger partial charge on any atom is -0.344 e. The van der Waals surface area contributed by atoms with Crippen LogP contribution in [0.3, 0.4) is 0 Å². The van der Waals surface area contributed by atoms with E-state index < -0.39 is 0 Å². The molecule has 1 N–H and O–H groups in total. The van der Waals surface area contributed by atoms with Crippen LogP contribution in [-0.2, 0) is 4.79 Å². The molecule has 20 heavy (non-hydrogen) atoms. The minimum atomic E-state index is 0.0987. The predicted molar refractivity (Wildman–Crippen MR) is 76.9 cm³/mol. The van der Waals surface area contributed by atoms with Crippen LogP contribution in [0.4, 0.5) is 5.95 Å². The lowest BCUT2D eigenvalue weighted by atomic mass is 10.1. The zero-order chi connectivity index (χ0) is 13.9. The van der Waals surface area contributed by atoms with Gasteiger partial charge in [0.25, 0.3) is 0 Å². The Labute approximate surface area is 121 Å². The summed E-state index contributed by atoms with van der Waals surface area (Å²) in [6.07, 6.45) is 5.08. The van der Waals surface area contributed by atoms with Gasteiger partial charge in [0.05, 0.1) is 11.6 Å². The number of rotatable bonds is 3. The second-order valence-electron chi connectivity index (χ2n) is 4.88. The van der Waals surface area contributed by atoms with Gasteiger partial charge < -0.3 is 10.2 Å². The molecule has 0 radical (unpaired) electrons. The van der Waals surface area contributed by atoms with E-state index in [4.69, 9.17) is 11.6 Å². The highest BCUT2D eigenvalue weighted by Gasteiger charge is 2.16. The quantitative estimate of drug-likeness (QED) is 0.937. The molecule has 7 heteroatoms. The van der Waals surface area contributed by atoms with Gasteiger partial charge in [-0.2, -0.15) is 4.98 Å². The molecule has 106 valence electrons. The zero-order valence-corrected chi connectivity index (χ0v) is 11.8. The number of carbonyl (C=O) groups excluding carboxylic acids is 1. The number of fused-ring (bicyclic) bond motifs is 1. The maximum atomic E-state index is 12.0. The van der Waals surface area contributed by atoms with Crippen LogP contribution in [0.5, 0.6) is 0 Å². The topological polar surface area (TPSA) is 62.5 Å². The van der Waals surface area contributed by atoms with Gasteiger partial charge in [0.15, 0.2) is 5.65 Å². The highest BCUT2D eigenvalue weighted by molar-refractivity contribution is 6.30. The third kappa shape index (κ3) is 2.85. The Kier molecular flexibility index (Phi) is 3.73. The number of nitrogens with zero attached hydrogens (tertiary/aromatic N) is 4. The first-order valence-corrected chi connectivity index (χ1v) is 7.14. The number of nitrogens with one attached hydrogen (secondary N) is 1. The molecule has 0 aromatic carbocycles. The van der Waals surface area contributed by atoms with Crippen molar-refractivity contribution in [2.45, 2.75) is 19.3 Å². The number of piperidine rings is 1. The number of aromatic nitrogens is 3. The van der Waals surface area contributed by atoms with Crippen LogP contribution in [-0.4, -0.2) is 45.0 Å². The number of hydrogen-bond acceptors (Lipinski definition) is 4. The number of amides is 1. The molecule has 0 bridgehead atoms.